The summed E-state index contributed by atoms with van der Waals surface area (Å²) in [5.41, 5.74) is 2.42. The number of hydrogen-bond donors (Lipinski definition) is 1. The topological polar surface area (TPSA) is 38.1 Å². The molecule has 0 bridgehead atoms. The third-order valence-electron chi connectivity index (χ3n) is 2.56. The van der Waals surface area contributed by atoms with E-state index in [0.29, 0.717) is 5.92 Å². The van der Waals surface area contributed by atoms with Crippen molar-refractivity contribution in [3.63, 3.8) is 0 Å². The monoisotopic (exact) mass is 166 g/mol. The van der Waals surface area contributed by atoms with Gasteiger partial charge in [-0.3, -0.25) is 0 Å². The number of aryl methyl sites for hydroxylation is 2. The van der Waals surface area contributed by atoms with Crippen LogP contribution < -0.4 is 5.32 Å². The number of aromatic nitrogens is 1. The zero-order chi connectivity index (χ0) is 8.55. The summed E-state index contributed by atoms with van der Waals surface area (Å²) in [6.07, 6.45) is 2.26. The van der Waals surface area contributed by atoms with E-state index < -0.39 is 0 Å². The van der Waals surface area contributed by atoms with Crippen LogP contribution in [-0.2, 0) is 6.42 Å². The van der Waals surface area contributed by atoms with Crippen molar-refractivity contribution in [3.05, 3.63) is 17.0 Å². The molecule has 0 spiro atoms. The van der Waals surface area contributed by atoms with Gasteiger partial charge in [-0.2, -0.15) is 0 Å². The Balaban J connectivity index is 2.27. The van der Waals surface area contributed by atoms with E-state index in [-0.39, 0.29) is 0 Å². The van der Waals surface area contributed by atoms with E-state index >= 15 is 0 Å². The quantitative estimate of drug-likeness (QED) is 0.718. The molecule has 3 nitrogen and oxygen atoms in total. The minimum absolute atomic E-state index is 0.622. The maximum Gasteiger partial charge on any atom is 0.140 e. The van der Waals surface area contributed by atoms with Gasteiger partial charge in [0.05, 0.1) is 5.69 Å². The van der Waals surface area contributed by atoms with Crippen LogP contribution in [0, 0.1) is 6.92 Å². The summed E-state index contributed by atoms with van der Waals surface area (Å²) in [6.45, 7) is 3.06. The summed E-state index contributed by atoms with van der Waals surface area (Å²) in [7, 11) is 1.99. The predicted octanol–water partition coefficient (Wildman–Crippen LogP) is 1.23. The molecule has 0 saturated carbocycles. The van der Waals surface area contributed by atoms with Gasteiger partial charge < -0.3 is 9.84 Å². The van der Waals surface area contributed by atoms with E-state index in [0.717, 1.165) is 24.4 Å². The number of likely N-dealkylation sites (N-methyl/N-ethyl adjacent to an activating group) is 1. The smallest absolute Gasteiger partial charge is 0.140 e. The minimum Gasteiger partial charge on any atom is -0.361 e. The summed E-state index contributed by atoms with van der Waals surface area (Å²) in [5, 5.41) is 7.17. The van der Waals surface area contributed by atoms with E-state index in [4.69, 9.17) is 4.52 Å². The maximum atomic E-state index is 5.21. The molecular weight excluding hydrogens is 152 g/mol. The van der Waals surface area contributed by atoms with Gasteiger partial charge in [0.25, 0.3) is 0 Å². The molecule has 0 aliphatic heterocycles. The van der Waals surface area contributed by atoms with Gasteiger partial charge in [-0.05, 0) is 20.4 Å². The summed E-state index contributed by atoms with van der Waals surface area (Å²) in [6, 6.07) is 0. The van der Waals surface area contributed by atoms with Gasteiger partial charge in [0.2, 0.25) is 0 Å². The largest absolute Gasteiger partial charge is 0.361 e. The molecule has 0 fully saturated rings. The zero-order valence-electron chi connectivity index (χ0n) is 7.55. The Morgan fingerprint density at radius 3 is 3.25 bits per heavy atom. The average Bonchev–Trinajstić information content (AvgIpc) is 2.58. The third-order valence-corrected chi connectivity index (χ3v) is 2.56. The first-order valence-corrected chi connectivity index (χ1v) is 4.42. The molecule has 3 heteroatoms. The van der Waals surface area contributed by atoms with Crippen molar-refractivity contribution >= 4 is 0 Å². The van der Waals surface area contributed by atoms with Gasteiger partial charge in [-0.25, -0.2) is 0 Å². The van der Waals surface area contributed by atoms with Gasteiger partial charge in [0.1, 0.15) is 5.76 Å². The summed E-state index contributed by atoms with van der Waals surface area (Å²) < 4.78 is 5.21. The highest BCUT2D eigenvalue weighted by Gasteiger charge is 2.28. The molecule has 1 aromatic rings. The van der Waals surface area contributed by atoms with E-state index in [1.165, 1.54) is 12.0 Å². The number of fused-ring (bicyclic) bond motifs is 1. The van der Waals surface area contributed by atoms with Crippen LogP contribution >= 0.6 is 0 Å². The highest BCUT2D eigenvalue weighted by Crippen LogP contribution is 2.34. The third kappa shape index (κ3) is 1.05. The zero-order valence-corrected chi connectivity index (χ0v) is 7.55. The Morgan fingerprint density at radius 1 is 1.67 bits per heavy atom. The molecule has 0 saturated heterocycles. The van der Waals surface area contributed by atoms with Crippen LogP contribution in [0.5, 0.6) is 0 Å². The van der Waals surface area contributed by atoms with Crippen LogP contribution in [0.15, 0.2) is 4.52 Å². The van der Waals surface area contributed by atoms with Gasteiger partial charge >= 0.3 is 0 Å². The van der Waals surface area contributed by atoms with E-state index in [9.17, 15) is 0 Å². The SMILES string of the molecule is CNCC1CCc2onc(C)c21. The van der Waals surface area contributed by atoms with Gasteiger partial charge in [0.15, 0.2) is 0 Å². The summed E-state index contributed by atoms with van der Waals surface area (Å²) in [5.74, 6) is 1.73. The molecule has 1 N–H and O–H groups in total. The number of nitrogens with zero attached hydrogens (tertiary/aromatic N) is 1. The fourth-order valence-electron chi connectivity index (χ4n) is 2.03. The maximum absolute atomic E-state index is 5.21. The molecule has 12 heavy (non-hydrogen) atoms. The van der Waals surface area contributed by atoms with E-state index in [1.807, 2.05) is 14.0 Å². The normalized spacial score (nSPS) is 21.3. The van der Waals surface area contributed by atoms with Crippen molar-refractivity contribution in [3.8, 4) is 0 Å². The van der Waals surface area contributed by atoms with Crippen LogP contribution in [-0.4, -0.2) is 18.7 Å². The van der Waals surface area contributed by atoms with Crippen LogP contribution in [0.1, 0.15) is 29.4 Å². The molecule has 0 radical (unpaired) electrons. The van der Waals surface area contributed by atoms with Crippen LogP contribution in [0.25, 0.3) is 0 Å². The molecule has 66 valence electrons. The Bertz CT molecular complexity index is 280. The molecule has 1 unspecified atom stereocenters. The number of hydrogen-bond acceptors (Lipinski definition) is 3. The highest BCUT2D eigenvalue weighted by atomic mass is 16.5. The second kappa shape index (κ2) is 2.90. The summed E-state index contributed by atoms with van der Waals surface area (Å²) in [4.78, 5) is 0. The Labute approximate surface area is 72.1 Å². The first-order valence-electron chi connectivity index (χ1n) is 4.42. The van der Waals surface area contributed by atoms with Crippen LogP contribution in [0.3, 0.4) is 0 Å². The lowest BCUT2D eigenvalue weighted by molar-refractivity contribution is 0.381. The average molecular weight is 166 g/mol. The molecule has 1 atom stereocenters. The van der Waals surface area contributed by atoms with E-state index in [2.05, 4.69) is 10.5 Å². The lowest BCUT2D eigenvalue weighted by Gasteiger charge is -2.07. The molecule has 1 heterocycles. The van der Waals surface area contributed by atoms with Crippen LogP contribution in [0.4, 0.5) is 0 Å². The second-order valence-electron chi connectivity index (χ2n) is 3.40. The van der Waals surface area contributed by atoms with Gasteiger partial charge in [-0.15, -0.1) is 0 Å². The predicted molar refractivity (Wildman–Crippen MR) is 46.2 cm³/mol. The molecule has 1 aliphatic rings. The first kappa shape index (κ1) is 7.80. The molecular formula is C9H14N2O. The second-order valence-corrected chi connectivity index (χ2v) is 3.40. The molecule has 1 aromatic heterocycles. The molecule has 1 aliphatic carbocycles. The summed E-state index contributed by atoms with van der Waals surface area (Å²) >= 11 is 0. The highest BCUT2D eigenvalue weighted by molar-refractivity contribution is 5.31. The Morgan fingerprint density at radius 2 is 2.50 bits per heavy atom. The minimum atomic E-state index is 0.622. The van der Waals surface area contributed by atoms with Crippen molar-refractivity contribution in [2.24, 2.45) is 0 Å². The Hall–Kier alpha value is -0.830. The number of rotatable bonds is 2. The van der Waals surface area contributed by atoms with E-state index in [1.54, 1.807) is 0 Å². The fraction of sp³-hybridized carbons (Fsp3) is 0.667. The molecule has 2 rings (SSSR count). The van der Waals surface area contributed by atoms with Crippen LogP contribution in [0.2, 0.25) is 0 Å². The van der Waals surface area contributed by atoms with Gasteiger partial charge in [-0.1, -0.05) is 5.16 Å². The fourth-order valence-corrected chi connectivity index (χ4v) is 2.03. The van der Waals surface area contributed by atoms with Crippen molar-refractivity contribution in [2.75, 3.05) is 13.6 Å². The standard InChI is InChI=1S/C9H14N2O/c1-6-9-7(5-10-2)3-4-8(9)12-11-6/h7,10H,3-5H2,1-2H3. The lowest BCUT2D eigenvalue weighted by Crippen LogP contribution is -2.15. The van der Waals surface area contributed by atoms with Crippen molar-refractivity contribution in [1.29, 1.82) is 0 Å². The lowest BCUT2D eigenvalue weighted by atomic mass is 10.0. The molecule has 0 amide bonds. The number of nitrogens with one attached hydrogen (secondary N) is 1. The first-order chi connectivity index (χ1) is 5.83. The Kier molecular flexibility index (Phi) is 1.89. The van der Waals surface area contributed by atoms with Crippen molar-refractivity contribution in [2.45, 2.75) is 25.7 Å². The van der Waals surface area contributed by atoms with Crippen molar-refractivity contribution < 1.29 is 4.52 Å². The van der Waals surface area contributed by atoms with Gasteiger partial charge in [0, 0.05) is 24.4 Å². The van der Waals surface area contributed by atoms with Crippen molar-refractivity contribution in [1.82, 2.24) is 10.5 Å². The molecule has 0 aromatic carbocycles.